The van der Waals surface area contributed by atoms with Gasteiger partial charge in [-0.1, -0.05) is 89.8 Å². The summed E-state index contributed by atoms with van der Waals surface area (Å²) in [4.78, 5) is 0.971. The summed E-state index contributed by atoms with van der Waals surface area (Å²) in [5.41, 5.74) is 1.31. The lowest BCUT2D eigenvalue weighted by Gasteiger charge is -2.30. The lowest BCUT2D eigenvalue weighted by Crippen LogP contribution is -2.34. The smallest absolute Gasteiger partial charge is 0.179 e. The highest BCUT2D eigenvalue weighted by molar-refractivity contribution is 7.91. The van der Waals surface area contributed by atoms with Crippen LogP contribution < -0.4 is 0 Å². The van der Waals surface area contributed by atoms with Crippen LogP contribution in [-0.2, 0) is 29.1 Å². The van der Waals surface area contributed by atoms with Crippen molar-refractivity contribution in [3.8, 4) is 0 Å². The average Bonchev–Trinajstić information content (AvgIpc) is 3.87. The molecule has 6 rings (SSSR count). The minimum atomic E-state index is -3.21. The molecule has 0 radical (unpaired) electrons. The van der Waals surface area contributed by atoms with Crippen LogP contribution in [0.1, 0.15) is 102 Å². The van der Waals surface area contributed by atoms with Crippen LogP contribution in [0, 0.1) is 10.8 Å². The van der Waals surface area contributed by atoms with Crippen molar-refractivity contribution in [1.29, 1.82) is 0 Å². The van der Waals surface area contributed by atoms with Crippen LogP contribution in [0.2, 0.25) is 0 Å². The molecule has 0 aromatic heterocycles. The fraction of sp³-hybridized carbons (Fsp3) is 0.625. The second-order valence-corrected chi connectivity index (χ2v) is 16.1. The third-order valence-electron chi connectivity index (χ3n) is 9.73. The summed E-state index contributed by atoms with van der Waals surface area (Å²) in [5, 5.41) is 0. The van der Waals surface area contributed by atoms with E-state index < -0.39 is 19.7 Å². The molecule has 40 heavy (non-hydrogen) atoms. The van der Waals surface area contributed by atoms with Crippen LogP contribution >= 0.6 is 0 Å². The molecule has 0 spiro atoms. The Kier molecular flexibility index (Phi) is 8.30. The third kappa shape index (κ3) is 5.30. The maximum absolute atomic E-state index is 12.7. The summed E-state index contributed by atoms with van der Waals surface area (Å²) in [6.45, 7) is 8.49. The molecule has 0 aliphatic carbocycles. The molecule has 0 amide bonds. The van der Waals surface area contributed by atoms with E-state index >= 15 is 0 Å². The molecular formula is C32H44O6S2. The zero-order valence-corrected chi connectivity index (χ0v) is 25.9. The molecular weight excluding hydrogens is 544 g/mol. The number of ether oxygens (including phenoxy) is 2. The van der Waals surface area contributed by atoms with Crippen molar-refractivity contribution in [2.75, 3.05) is 11.5 Å². The molecule has 4 aliphatic rings. The predicted molar refractivity (Wildman–Crippen MR) is 157 cm³/mol. The Balaban J connectivity index is 0.000000161. The van der Waals surface area contributed by atoms with Crippen LogP contribution in [-0.4, -0.2) is 40.5 Å². The summed E-state index contributed by atoms with van der Waals surface area (Å²) in [6, 6.07) is 14.7. The normalized spacial score (nSPS) is 33.9. The molecule has 2 saturated heterocycles. The van der Waals surface area contributed by atoms with Crippen molar-refractivity contribution in [2.24, 2.45) is 10.8 Å². The second kappa shape index (κ2) is 11.2. The van der Waals surface area contributed by atoms with Crippen molar-refractivity contribution in [3.63, 3.8) is 0 Å². The van der Waals surface area contributed by atoms with Crippen LogP contribution in [0.25, 0.3) is 0 Å². The van der Waals surface area contributed by atoms with E-state index in [1.54, 1.807) is 24.3 Å². The predicted octanol–water partition coefficient (Wildman–Crippen LogP) is 7.00. The number of unbranched alkanes of at least 4 members (excludes halogenated alkanes) is 2. The van der Waals surface area contributed by atoms with Gasteiger partial charge in [0.25, 0.3) is 0 Å². The van der Waals surface area contributed by atoms with E-state index in [9.17, 15) is 16.8 Å². The SMILES string of the molecule is CCCC[C@]1(CC)CS(=O)(=O)c2ccccc2C2OC21.CCCC[C@]1(CC)CS(=O)(=O)c2ccccc2C2OC21. The Labute approximate surface area is 240 Å². The van der Waals surface area contributed by atoms with Gasteiger partial charge in [-0.15, -0.1) is 0 Å². The van der Waals surface area contributed by atoms with Gasteiger partial charge in [0.05, 0.1) is 33.5 Å². The van der Waals surface area contributed by atoms with Crippen molar-refractivity contribution in [3.05, 3.63) is 59.7 Å². The Hall–Kier alpha value is -1.74. The summed E-state index contributed by atoms with van der Waals surface area (Å²) >= 11 is 0. The highest BCUT2D eigenvalue weighted by Gasteiger charge is 2.60. The quantitative estimate of drug-likeness (QED) is 0.308. The van der Waals surface area contributed by atoms with Crippen LogP contribution in [0.4, 0.5) is 0 Å². The number of hydrogen-bond donors (Lipinski definition) is 0. The molecule has 4 unspecified atom stereocenters. The molecule has 6 nitrogen and oxygen atoms in total. The average molecular weight is 589 g/mol. The van der Waals surface area contributed by atoms with Crippen molar-refractivity contribution in [2.45, 2.75) is 113 Å². The largest absolute Gasteiger partial charge is 0.364 e. The number of hydrogen-bond acceptors (Lipinski definition) is 6. The van der Waals surface area contributed by atoms with Crippen LogP contribution in [0.3, 0.4) is 0 Å². The van der Waals surface area contributed by atoms with Crippen LogP contribution in [0.5, 0.6) is 0 Å². The number of sulfone groups is 2. The number of rotatable bonds is 8. The Morgan fingerprint density at radius 2 is 1.02 bits per heavy atom. The Morgan fingerprint density at radius 1 is 0.650 bits per heavy atom. The van der Waals surface area contributed by atoms with Gasteiger partial charge >= 0.3 is 0 Å². The first kappa shape index (κ1) is 29.7. The monoisotopic (exact) mass is 588 g/mol. The molecule has 8 heteroatoms. The van der Waals surface area contributed by atoms with Gasteiger partial charge in [0.2, 0.25) is 0 Å². The summed E-state index contributed by atoms with van der Waals surface area (Å²) < 4.78 is 62.8. The summed E-state index contributed by atoms with van der Waals surface area (Å²) in [6.07, 6.45) is 8.04. The molecule has 220 valence electrons. The van der Waals surface area contributed by atoms with Gasteiger partial charge in [0.1, 0.15) is 12.2 Å². The first-order chi connectivity index (χ1) is 19.1. The van der Waals surface area contributed by atoms with Crippen LogP contribution in [0.15, 0.2) is 58.3 Å². The Bertz CT molecular complexity index is 1330. The summed E-state index contributed by atoms with van der Waals surface area (Å²) in [5.74, 6) is 0.462. The van der Waals surface area contributed by atoms with Crippen molar-refractivity contribution >= 4 is 19.7 Å². The lowest BCUT2D eigenvalue weighted by atomic mass is 9.77. The van der Waals surface area contributed by atoms with E-state index in [1.165, 1.54) is 0 Å². The van der Waals surface area contributed by atoms with E-state index in [0.29, 0.717) is 9.79 Å². The van der Waals surface area contributed by atoms with E-state index in [1.807, 2.05) is 24.3 Å². The topological polar surface area (TPSA) is 93.3 Å². The minimum absolute atomic E-state index is 0.0136. The zero-order chi connectivity index (χ0) is 28.8. The van der Waals surface area contributed by atoms with E-state index in [0.717, 1.165) is 62.5 Å². The molecule has 2 fully saturated rings. The Morgan fingerprint density at radius 3 is 1.38 bits per heavy atom. The van der Waals surface area contributed by atoms with Gasteiger partial charge in [-0.25, -0.2) is 16.8 Å². The summed E-state index contributed by atoms with van der Waals surface area (Å²) in [7, 11) is -6.42. The maximum atomic E-state index is 12.7. The van der Waals surface area contributed by atoms with Gasteiger partial charge in [-0.05, 0) is 37.8 Å². The third-order valence-corrected chi connectivity index (χ3v) is 13.7. The highest BCUT2D eigenvalue weighted by Crippen LogP contribution is 2.58. The lowest BCUT2D eigenvalue weighted by molar-refractivity contribution is 0.192. The molecule has 4 aliphatic heterocycles. The fourth-order valence-electron chi connectivity index (χ4n) is 7.15. The van der Waals surface area contributed by atoms with Crippen molar-refractivity contribution < 1.29 is 26.3 Å². The molecule has 0 saturated carbocycles. The van der Waals surface area contributed by atoms with E-state index in [4.69, 9.17) is 9.47 Å². The molecule has 6 atom stereocenters. The van der Waals surface area contributed by atoms with E-state index in [2.05, 4.69) is 27.7 Å². The maximum Gasteiger partial charge on any atom is 0.179 e. The fourth-order valence-corrected chi connectivity index (χ4v) is 11.7. The minimum Gasteiger partial charge on any atom is -0.364 e. The van der Waals surface area contributed by atoms with Gasteiger partial charge in [-0.2, -0.15) is 0 Å². The first-order valence-electron chi connectivity index (χ1n) is 15.0. The standard InChI is InChI=1S/2C16H22O3S/c2*1-3-5-10-16(4-2)11-20(17,18)13-9-7-6-8-12(13)14-15(16)19-14/h2*6-9,14-15H,3-5,10-11H2,1-2H3/t2*14?,15?,16-/m11/s1. The highest BCUT2D eigenvalue weighted by atomic mass is 32.2. The van der Waals surface area contributed by atoms with Crippen molar-refractivity contribution in [1.82, 2.24) is 0 Å². The van der Waals surface area contributed by atoms with Gasteiger partial charge < -0.3 is 9.47 Å². The molecule has 2 aromatic rings. The van der Waals surface area contributed by atoms with E-state index in [-0.39, 0.29) is 46.8 Å². The molecule has 0 bridgehead atoms. The number of fused-ring (bicyclic) bond motifs is 6. The van der Waals surface area contributed by atoms with Gasteiger partial charge in [0, 0.05) is 22.0 Å². The molecule has 0 N–H and O–H groups in total. The number of benzene rings is 2. The molecule has 4 heterocycles. The first-order valence-corrected chi connectivity index (χ1v) is 18.3. The van der Waals surface area contributed by atoms with Gasteiger partial charge in [0.15, 0.2) is 19.7 Å². The van der Waals surface area contributed by atoms with Gasteiger partial charge in [-0.3, -0.25) is 0 Å². The second-order valence-electron chi connectivity index (χ2n) is 12.2. The zero-order valence-electron chi connectivity index (χ0n) is 24.3. The number of epoxide rings is 2. The molecule has 2 aromatic carbocycles.